The average Bonchev–Trinajstić information content (AvgIpc) is 3.35. The Bertz CT molecular complexity index is 1230. The molecule has 0 bridgehead atoms. The Morgan fingerprint density at radius 2 is 1.90 bits per heavy atom. The third-order valence-corrected chi connectivity index (χ3v) is 5.50. The van der Waals surface area contributed by atoms with E-state index in [1.165, 1.54) is 6.33 Å². The molecule has 0 aliphatic heterocycles. The second-order valence-corrected chi connectivity index (χ2v) is 7.77. The van der Waals surface area contributed by atoms with Crippen LogP contribution in [-0.4, -0.2) is 33.1 Å². The van der Waals surface area contributed by atoms with Crippen molar-refractivity contribution in [3.05, 3.63) is 66.8 Å². The summed E-state index contributed by atoms with van der Waals surface area (Å²) in [5, 5.41) is 3.39. The number of ether oxygens (including phenoxy) is 1. The molecule has 4 rings (SSSR count). The van der Waals surface area contributed by atoms with E-state index in [2.05, 4.69) is 29.4 Å². The average molecular weight is 412 g/mol. The third kappa shape index (κ3) is 3.94. The number of nitrogens with zero attached hydrogens (tertiary/aromatic N) is 5. The summed E-state index contributed by atoms with van der Waals surface area (Å²) in [6, 6.07) is 8.09. The number of hydrogen-bond acceptors (Lipinski definition) is 8. The fraction of sp³-hybridized carbons (Fsp3) is 0.111. The molecule has 0 amide bonds. The van der Waals surface area contributed by atoms with Gasteiger partial charge in [-0.05, 0) is 38.1 Å². The smallest absolute Gasteiger partial charge is 0.266 e. The minimum Gasteiger partial charge on any atom is -0.439 e. The van der Waals surface area contributed by atoms with E-state index in [1.54, 1.807) is 36.7 Å². The van der Waals surface area contributed by atoms with Crippen LogP contribution in [-0.2, 0) is 10.0 Å². The third-order valence-electron chi connectivity index (χ3n) is 4.18. The van der Waals surface area contributed by atoms with Crippen LogP contribution >= 0.6 is 0 Å². The largest absolute Gasteiger partial charge is 0.439 e. The molecule has 1 aromatic carbocycles. The molecule has 0 unspecified atom stereocenters. The molecule has 0 radical (unpaired) electrons. The fourth-order valence-electron chi connectivity index (χ4n) is 2.50. The summed E-state index contributed by atoms with van der Waals surface area (Å²) in [7, 11) is -3.76. The lowest BCUT2D eigenvalue weighted by Crippen LogP contribution is -2.11. The van der Waals surface area contributed by atoms with Crippen LogP contribution in [0.2, 0.25) is 0 Å². The Kier molecular flexibility index (Phi) is 4.72. The molecule has 0 aliphatic carbocycles. The number of hydrogen-bond donors (Lipinski definition) is 1. The van der Waals surface area contributed by atoms with E-state index in [1.807, 2.05) is 18.4 Å². The van der Waals surface area contributed by atoms with Crippen LogP contribution in [0.1, 0.15) is 11.4 Å². The van der Waals surface area contributed by atoms with E-state index in [9.17, 15) is 8.42 Å². The van der Waals surface area contributed by atoms with Crippen LogP contribution < -0.4 is 9.46 Å². The first-order valence-electron chi connectivity index (χ1n) is 8.45. The Balaban J connectivity index is 1.49. The van der Waals surface area contributed by atoms with Crippen LogP contribution in [0.4, 0.5) is 5.69 Å². The highest BCUT2D eigenvalue weighted by molar-refractivity contribution is 7.92. The number of aryl methyl sites for hydroxylation is 1. The van der Waals surface area contributed by atoms with Gasteiger partial charge in [0.2, 0.25) is 5.88 Å². The number of anilines is 1. The maximum Gasteiger partial charge on any atom is 0.266 e. The Morgan fingerprint density at radius 1 is 1.10 bits per heavy atom. The van der Waals surface area contributed by atoms with Gasteiger partial charge in [-0.3, -0.25) is 9.29 Å². The molecule has 0 saturated carbocycles. The lowest BCUT2D eigenvalue weighted by molar-refractivity contribution is 0.417. The van der Waals surface area contributed by atoms with E-state index in [0.29, 0.717) is 23.1 Å². The molecule has 0 spiro atoms. The van der Waals surface area contributed by atoms with Crippen molar-refractivity contribution in [2.45, 2.75) is 18.7 Å². The van der Waals surface area contributed by atoms with Gasteiger partial charge >= 0.3 is 0 Å². The first kappa shape index (κ1) is 18.6. The van der Waals surface area contributed by atoms with Crippen LogP contribution in [0, 0.1) is 13.8 Å². The summed E-state index contributed by atoms with van der Waals surface area (Å²) >= 11 is 0. The van der Waals surface area contributed by atoms with Gasteiger partial charge in [0.1, 0.15) is 35.4 Å². The van der Waals surface area contributed by atoms with Crippen LogP contribution in [0.5, 0.6) is 11.6 Å². The molecule has 11 heteroatoms. The van der Waals surface area contributed by atoms with Gasteiger partial charge in [0.25, 0.3) is 10.0 Å². The molecule has 3 heterocycles. The Hall–Kier alpha value is -3.73. The second-order valence-electron chi connectivity index (χ2n) is 6.09. The highest BCUT2D eigenvalue weighted by Gasteiger charge is 2.16. The summed E-state index contributed by atoms with van der Waals surface area (Å²) < 4.78 is 38.9. The van der Waals surface area contributed by atoms with Gasteiger partial charge in [-0.1, -0.05) is 5.16 Å². The number of imidazole rings is 1. The SMILES string of the molecule is Cc1ncn(-c2cc(Oc3ccc(NS(=O)(=O)c4cnoc4)cc3)ncn2)c1C. The van der Waals surface area contributed by atoms with Crippen molar-refractivity contribution < 1.29 is 17.7 Å². The van der Waals surface area contributed by atoms with Gasteiger partial charge in [0, 0.05) is 17.4 Å². The molecule has 0 aliphatic rings. The van der Waals surface area contributed by atoms with Gasteiger partial charge in [-0.25, -0.2) is 23.4 Å². The molecule has 148 valence electrons. The van der Waals surface area contributed by atoms with E-state index in [0.717, 1.165) is 23.8 Å². The zero-order valence-electron chi connectivity index (χ0n) is 15.5. The fourth-order valence-corrected chi connectivity index (χ4v) is 3.42. The molecular weight excluding hydrogens is 396 g/mol. The maximum absolute atomic E-state index is 12.2. The Labute approximate surface area is 166 Å². The number of rotatable bonds is 6. The van der Waals surface area contributed by atoms with Crippen molar-refractivity contribution >= 4 is 15.7 Å². The normalized spacial score (nSPS) is 11.4. The Morgan fingerprint density at radius 3 is 2.55 bits per heavy atom. The number of aromatic nitrogens is 5. The molecule has 1 N–H and O–H groups in total. The summed E-state index contributed by atoms with van der Waals surface area (Å²) in [6.07, 6.45) is 5.26. The summed E-state index contributed by atoms with van der Waals surface area (Å²) in [4.78, 5) is 12.6. The molecular formula is C18H16N6O4S. The van der Waals surface area contributed by atoms with Crippen LogP contribution in [0.3, 0.4) is 0 Å². The summed E-state index contributed by atoms with van der Waals surface area (Å²) in [5.74, 6) is 1.46. The monoisotopic (exact) mass is 412 g/mol. The molecule has 0 saturated heterocycles. The van der Waals surface area contributed by atoms with E-state index in [-0.39, 0.29) is 4.90 Å². The molecule has 4 aromatic rings. The first-order valence-corrected chi connectivity index (χ1v) is 9.94. The molecule has 0 fully saturated rings. The second kappa shape index (κ2) is 7.36. The van der Waals surface area contributed by atoms with Crippen molar-refractivity contribution in [1.29, 1.82) is 0 Å². The minimum atomic E-state index is -3.76. The number of benzene rings is 1. The van der Waals surface area contributed by atoms with E-state index in [4.69, 9.17) is 4.74 Å². The topological polar surface area (TPSA) is 125 Å². The summed E-state index contributed by atoms with van der Waals surface area (Å²) in [5.41, 5.74) is 2.25. The van der Waals surface area contributed by atoms with Gasteiger partial charge < -0.3 is 9.26 Å². The van der Waals surface area contributed by atoms with E-state index >= 15 is 0 Å². The predicted octanol–water partition coefficient (Wildman–Crippen LogP) is 2.86. The first-order chi connectivity index (χ1) is 13.9. The number of nitrogens with one attached hydrogen (secondary N) is 1. The standard InChI is InChI=1S/C18H16N6O4S/c1-12-13(2)24(11-21-12)17-7-18(20-10-19-17)28-15-5-3-14(4-6-15)23-29(25,26)16-8-22-27-9-16/h3-11,23H,1-2H3. The molecule has 0 atom stereocenters. The van der Waals surface area contributed by atoms with E-state index < -0.39 is 10.0 Å². The van der Waals surface area contributed by atoms with Crippen molar-refractivity contribution in [2.75, 3.05) is 4.72 Å². The van der Waals surface area contributed by atoms with Gasteiger partial charge in [0.05, 0.1) is 11.9 Å². The maximum atomic E-state index is 12.2. The lowest BCUT2D eigenvalue weighted by Gasteiger charge is -2.09. The molecule has 29 heavy (non-hydrogen) atoms. The highest BCUT2D eigenvalue weighted by atomic mass is 32.2. The van der Waals surface area contributed by atoms with Crippen molar-refractivity contribution in [3.63, 3.8) is 0 Å². The van der Waals surface area contributed by atoms with Gasteiger partial charge in [0.15, 0.2) is 0 Å². The quantitative estimate of drug-likeness (QED) is 0.512. The highest BCUT2D eigenvalue weighted by Crippen LogP contribution is 2.24. The zero-order valence-corrected chi connectivity index (χ0v) is 16.3. The molecule has 3 aromatic heterocycles. The lowest BCUT2D eigenvalue weighted by atomic mass is 10.3. The van der Waals surface area contributed by atoms with Crippen molar-refractivity contribution in [2.24, 2.45) is 0 Å². The minimum absolute atomic E-state index is 0.0589. The van der Waals surface area contributed by atoms with Gasteiger partial charge in [-0.15, -0.1) is 0 Å². The van der Waals surface area contributed by atoms with Crippen molar-refractivity contribution in [3.8, 4) is 17.4 Å². The van der Waals surface area contributed by atoms with Crippen LogP contribution in [0.25, 0.3) is 5.82 Å². The molecule has 10 nitrogen and oxygen atoms in total. The van der Waals surface area contributed by atoms with Crippen molar-refractivity contribution in [1.82, 2.24) is 24.7 Å². The number of sulfonamides is 1. The summed E-state index contributed by atoms with van der Waals surface area (Å²) in [6.45, 7) is 3.87. The van der Waals surface area contributed by atoms with Gasteiger partial charge in [-0.2, -0.15) is 0 Å². The van der Waals surface area contributed by atoms with Crippen LogP contribution in [0.15, 0.2) is 64.9 Å². The predicted molar refractivity (Wildman–Crippen MR) is 102 cm³/mol. The zero-order chi connectivity index (χ0) is 20.4.